The maximum Gasteiger partial charge on any atom is 0.231 e. The van der Waals surface area contributed by atoms with E-state index in [1.807, 2.05) is 12.1 Å². The van der Waals surface area contributed by atoms with E-state index in [0.717, 1.165) is 23.6 Å². The highest BCUT2D eigenvalue weighted by Gasteiger charge is 1.86. The zero-order valence-electron chi connectivity index (χ0n) is 8.11. The van der Waals surface area contributed by atoms with Gasteiger partial charge in [0.05, 0.1) is 7.11 Å². The van der Waals surface area contributed by atoms with E-state index in [0.29, 0.717) is 0 Å². The summed E-state index contributed by atoms with van der Waals surface area (Å²) in [5, 5.41) is 10.8. The summed E-state index contributed by atoms with van der Waals surface area (Å²) >= 11 is 0. The fourth-order valence-electron chi connectivity index (χ4n) is 0.604. The number of methoxy groups -OCH3 is 1. The summed E-state index contributed by atoms with van der Waals surface area (Å²) in [6.45, 7) is 0. The van der Waals surface area contributed by atoms with Crippen molar-refractivity contribution in [3.63, 3.8) is 0 Å². The molecule has 0 aromatic heterocycles. The number of isocyanates is 2. The summed E-state index contributed by atoms with van der Waals surface area (Å²) in [4.78, 5) is 16.7. The Bertz CT molecular complexity index is 311. The maximum absolute atomic E-state index is 8.35. The molecule has 0 aliphatic rings. The van der Waals surface area contributed by atoms with E-state index in [2.05, 4.69) is 0 Å². The van der Waals surface area contributed by atoms with Crippen molar-refractivity contribution in [2.75, 3.05) is 12.8 Å². The summed E-state index contributed by atoms with van der Waals surface area (Å²) < 4.78 is 4.91. The normalized spacial score (nSPS) is 6.47. The molecule has 0 aliphatic carbocycles. The van der Waals surface area contributed by atoms with E-state index in [-0.39, 0.29) is 0 Å². The molecule has 0 radical (unpaired) electrons. The number of rotatable bonds is 1. The van der Waals surface area contributed by atoms with Gasteiger partial charge < -0.3 is 10.5 Å². The predicted octanol–water partition coefficient (Wildman–Crippen LogP) is 1.08. The molecule has 1 rings (SSSR count). The van der Waals surface area contributed by atoms with Crippen molar-refractivity contribution in [1.82, 2.24) is 0 Å². The van der Waals surface area contributed by atoms with Crippen molar-refractivity contribution in [3.05, 3.63) is 24.3 Å². The van der Waals surface area contributed by atoms with Crippen LogP contribution >= 0.6 is 0 Å². The van der Waals surface area contributed by atoms with Gasteiger partial charge in [-0.2, -0.15) is 0 Å². The van der Waals surface area contributed by atoms with Crippen molar-refractivity contribution < 1.29 is 14.3 Å². The maximum atomic E-state index is 8.35. The highest BCUT2D eigenvalue weighted by Crippen LogP contribution is 2.11. The molecule has 0 spiro atoms. The van der Waals surface area contributed by atoms with Gasteiger partial charge in [-0.3, -0.25) is 0 Å². The molecule has 0 saturated carbocycles. The van der Waals surface area contributed by atoms with E-state index in [1.165, 1.54) is 0 Å². The molecule has 6 heteroatoms. The van der Waals surface area contributed by atoms with Crippen LogP contribution in [0.5, 0.6) is 5.75 Å². The van der Waals surface area contributed by atoms with Gasteiger partial charge in [-0.25, -0.2) is 20.4 Å². The van der Waals surface area contributed by atoms with E-state index in [9.17, 15) is 0 Å². The highest BCUT2D eigenvalue weighted by molar-refractivity contribution is 5.41. The minimum atomic E-state index is 0.750. The van der Waals surface area contributed by atoms with Gasteiger partial charge in [-0.15, -0.1) is 0 Å². The largest absolute Gasteiger partial charge is 0.497 e. The number of anilines is 1. The second-order valence-corrected chi connectivity index (χ2v) is 1.98. The summed E-state index contributed by atoms with van der Waals surface area (Å²) in [6, 6.07) is 7.27. The van der Waals surface area contributed by atoms with Crippen LogP contribution in [0.2, 0.25) is 0 Å². The van der Waals surface area contributed by atoms with Gasteiger partial charge in [0.2, 0.25) is 12.2 Å². The molecule has 0 saturated heterocycles. The molecular weight excluding hydrogens is 198 g/mol. The molecule has 0 amide bonds. The Labute approximate surface area is 86.7 Å². The lowest BCUT2D eigenvalue weighted by Gasteiger charge is -1.97. The Hall–Kier alpha value is -2.42. The molecule has 0 heterocycles. The number of carbonyl (C=O) groups excluding carboxylic acids is 2. The van der Waals surface area contributed by atoms with Crippen LogP contribution in [-0.2, 0) is 9.59 Å². The molecule has 0 bridgehead atoms. The Kier molecular flexibility index (Phi) is 11.6. The van der Waals surface area contributed by atoms with Gasteiger partial charge >= 0.3 is 0 Å². The topological polar surface area (TPSA) is 117 Å². The SMILES string of the molecule is COc1ccc(N)cc1.N=C=O.N=C=O. The first-order chi connectivity index (χ1) is 7.15. The molecule has 80 valence electrons. The van der Waals surface area contributed by atoms with E-state index < -0.39 is 0 Å². The van der Waals surface area contributed by atoms with Crippen molar-refractivity contribution in [2.45, 2.75) is 0 Å². The average Bonchev–Trinajstić information content (AvgIpc) is 2.21. The summed E-state index contributed by atoms with van der Waals surface area (Å²) in [7, 11) is 1.63. The first kappa shape index (κ1) is 15.1. The van der Waals surface area contributed by atoms with Gasteiger partial charge in [-0.1, -0.05) is 0 Å². The van der Waals surface area contributed by atoms with Crippen LogP contribution < -0.4 is 10.5 Å². The summed E-state index contributed by atoms with van der Waals surface area (Å²) in [5.41, 5.74) is 6.19. The number of ether oxygens (including phenoxy) is 1. The molecule has 6 nitrogen and oxygen atoms in total. The minimum absolute atomic E-state index is 0.750. The van der Waals surface area contributed by atoms with Crippen LogP contribution in [0.25, 0.3) is 0 Å². The minimum Gasteiger partial charge on any atom is -0.497 e. The van der Waals surface area contributed by atoms with Gasteiger partial charge in [-0.05, 0) is 24.3 Å². The lowest BCUT2D eigenvalue weighted by molar-refractivity contribution is 0.415. The lowest BCUT2D eigenvalue weighted by Crippen LogP contribution is -1.84. The third kappa shape index (κ3) is 11.6. The van der Waals surface area contributed by atoms with Crippen molar-refractivity contribution in [1.29, 1.82) is 10.8 Å². The smallest absolute Gasteiger partial charge is 0.231 e. The van der Waals surface area contributed by atoms with Crippen LogP contribution in [0.4, 0.5) is 5.69 Å². The second-order valence-electron chi connectivity index (χ2n) is 1.98. The van der Waals surface area contributed by atoms with Crippen molar-refractivity contribution in [2.24, 2.45) is 0 Å². The molecule has 1 aromatic carbocycles. The third-order valence-corrected chi connectivity index (χ3v) is 1.12. The number of nitrogen functional groups attached to an aromatic ring is 1. The predicted molar refractivity (Wildman–Crippen MR) is 54.2 cm³/mol. The van der Waals surface area contributed by atoms with E-state index >= 15 is 0 Å². The summed E-state index contributed by atoms with van der Waals surface area (Å²) in [6.07, 6.45) is 1.50. The van der Waals surface area contributed by atoms with Crippen LogP contribution in [0.3, 0.4) is 0 Å². The first-order valence-electron chi connectivity index (χ1n) is 3.63. The monoisotopic (exact) mass is 209 g/mol. The Morgan fingerprint density at radius 3 is 1.73 bits per heavy atom. The molecule has 0 atom stereocenters. The third-order valence-electron chi connectivity index (χ3n) is 1.12. The van der Waals surface area contributed by atoms with Gasteiger partial charge in [0, 0.05) is 5.69 Å². The van der Waals surface area contributed by atoms with Crippen LogP contribution in [0, 0.1) is 10.8 Å². The quantitative estimate of drug-likeness (QED) is 0.364. The molecule has 0 aliphatic heterocycles. The molecule has 1 aromatic rings. The fraction of sp³-hybridized carbons (Fsp3) is 0.111. The Morgan fingerprint density at radius 2 is 1.47 bits per heavy atom. The number of nitrogens with two attached hydrogens (primary N) is 1. The van der Waals surface area contributed by atoms with Gasteiger partial charge in [0.1, 0.15) is 5.75 Å². The molecule has 4 N–H and O–H groups in total. The zero-order chi connectivity index (χ0) is 12.1. The first-order valence-corrected chi connectivity index (χ1v) is 3.63. The van der Waals surface area contributed by atoms with Gasteiger partial charge in [0.25, 0.3) is 0 Å². The Balaban J connectivity index is 0. The van der Waals surface area contributed by atoms with E-state index in [4.69, 9.17) is 30.9 Å². The van der Waals surface area contributed by atoms with Gasteiger partial charge in [0.15, 0.2) is 0 Å². The van der Waals surface area contributed by atoms with Crippen molar-refractivity contribution >= 4 is 17.8 Å². The fourth-order valence-corrected chi connectivity index (χ4v) is 0.604. The average molecular weight is 209 g/mol. The molecular formula is C9H11N3O3. The van der Waals surface area contributed by atoms with E-state index in [1.54, 1.807) is 19.2 Å². The van der Waals surface area contributed by atoms with Crippen molar-refractivity contribution in [3.8, 4) is 5.75 Å². The number of hydrogen-bond donors (Lipinski definition) is 3. The van der Waals surface area contributed by atoms with Crippen LogP contribution in [0.1, 0.15) is 0 Å². The Morgan fingerprint density at radius 1 is 1.13 bits per heavy atom. The molecule has 0 unspecified atom stereocenters. The number of benzene rings is 1. The second kappa shape index (κ2) is 11.6. The summed E-state index contributed by atoms with van der Waals surface area (Å²) in [5.74, 6) is 0.837. The molecule has 15 heavy (non-hydrogen) atoms. The van der Waals surface area contributed by atoms with Crippen LogP contribution in [0.15, 0.2) is 24.3 Å². The number of nitrogens with one attached hydrogen (secondary N) is 2. The lowest BCUT2D eigenvalue weighted by atomic mass is 10.3. The van der Waals surface area contributed by atoms with Crippen LogP contribution in [-0.4, -0.2) is 19.3 Å². The highest BCUT2D eigenvalue weighted by atomic mass is 16.5. The number of hydrogen-bond acceptors (Lipinski definition) is 6. The standard InChI is InChI=1S/C7H9NO.2CHNO/c1-9-7-4-2-6(8)3-5-7;2*2-1-3/h2-5H,8H2,1H3;2*2H. The zero-order valence-corrected chi connectivity index (χ0v) is 8.11. The molecule has 0 fully saturated rings.